The van der Waals surface area contributed by atoms with E-state index in [0.29, 0.717) is 0 Å². The Hall–Kier alpha value is -0.410. The third-order valence-corrected chi connectivity index (χ3v) is 5.31. The van der Waals surface area contributed by atoms with Crippen LogP contribution in [-0.4, -0.2) is 23.0 Å². The summed E-state index contributed by atoms with van der Waals surface area (Å²) in [6.45, 7) is 8.47. The maximum atomic E-state index is 4.39. The van der Waals surface area contributed by atoms with Gasteiger partial charge >= 0.3 is 0 Å². The zero-order chi connectivity index (χ0) is 11.8. The van der Waals surface area contributed by atoms with E-state index in [0.717, 1.165) is 30.2 Å². The van der Waals surface area contributed by atoms with Crippen molar-refractivity contribution in [3.05, 3.63) is 16.6 Å². The monoisotopic (exact) mass is 250 g/mol. The van der Waals surface area contributed by atoms with Crippen LogP contribution in [0, 0.1) is 23.7 Å². The van der Waals surface area contributed by atoms with Crippen LogP contribution in [0.4, 0.5) is 0 Å². The summed E-state index contributed by atoms with van der Waals surface area (Å²) >= 11 is 1.71. The average molecular weight is 250 g/mol. The van der Waals surface area contributed by atoms with Gasteiger partial charge in [-0.15, -0.1) is 11.3 Å². The van der Waals surface area contributed by atoms with Crippen LogP contribution in [0.25, 0.3) is 0 Å². The predicted molar refractivity (Wildman–Crippen MR) is 71.9 cm³/mol. The molecule has 1 aliphatic heterocycles. The largest absolute Gasteiger partial charge is 0.297 e. The van der Waals surface area contributed by atoms with E-state index in [1.54, 1.807) is 11.3 Å². The summed E-state index contributed by atoms with van der Waals surface area (Å²) < 4.78 is 0. The van der Waals surface area contributed by atoms with Gasteiger partial charge < -0.3 is 0 Å². The van der Waals surface area contributed by atoms with E-state index in [4.69, 9.17) is 0 Å². The van der Waals surface area contributed by atoms with E-state index in [1.807, 2.05) is 5.51 Å². The molecule has 0 N–H and O–H groups in total. The normalized spacial score (nSPS) is 33.5. The van der Waals surface area contributed by atoms with E-state index in [-0.39, 0.29) is 0 Å². The highest BCUT2D eigenvalue weighted by Gasteiger charge is 2.41. The van der Waals surface area contributed by atoms with Gasteiger partial charge in [0.05, 0.1) is 11.2 Å². The molecule has 0 aromatic carbocycles. The van der Waals surface area contributed by atoms with Crippen LogP contribution >= 0.6 is 11.3 Å². The highest BCUT2D eigenvalue weighted by atomic mass is 32.1. The van der Waals surface area contributed by atoms with Gasteiger partial charge in [0.15, 0.2) is 0 Å². The molecule has 1 aliphatic carbocycles. The Kier molecular flexibility index (Phi) is 3.22. The third-order valence-electron chi connectivity index (χ3n) is 4.67. The van der Waals surface area contributed by atoms with Crippen LogP contribution in [0.3, 0.4) is 0 Å². The zero-order valence-corrected chi connectivity index (χ0v) is 11.6. The number of likely N-dealkylation sites (tertiary alicyclic amines) is 1. The van der Waals surface area contributed by atoms with Gasteiger partial charge in [-0.3, -0.25) is 4.90 Å². The average Bonchev–Trinajstić information content (AvgIpc) is 2.91. The molecule has 94 valence electrons. The van der Waals surface area contributed by atoms with Crippen LogP contribution in [0.5, 0.6) is 0 Å². The first kappa shape index (κ1) is 11.7. The van der Waals surface area contributed by atoms with Gasteiger partial charge in [-0.1, -0.05) is 13.8 Å². The van der Waals surface area contributed by atoms with Crippen molar-refractivity contribution in [1.82, 2.24) is 9.88 Å². The molecule has 2 nitrogen and oxygen atoms in total. The minimum atomic E-state index is 0.882. The van der Waals surface area contributed by atoms with Gasteiger partial charge in [0, 0.05) is 25.0 Å². The lowest BCUT2D eigenvalue weighted by atomic mass is 9.93. The number of thiazole rings is 1. The first-order valence-corrected chi connectivity index (χ1v) is 7.76. The van der Waals surface area contributed by atoms with Crippen molar-refractivity contribution in [2.75, 3.05) is 13.1 Å². The molecule has 0 radical (unpaired) electrons. The highest BCUT2D eigenvalue weighted by molar-refractivity contribution is 7.07. The second-order valence-electron chi connectivity index (χ2n) is 6.17. The quantitative estimate of drug-likeness (QED) is 0.818. The zero-order valence-electron chi connectivity index (χ0n) is 10.8. The lowest BCUT2D eigenvalue weighted by Crippen LogP contribution is -2.22. The predicted octanol–water partition coefficient (Wildman–Crippen LogP) is 3.26. The fourth-order valence-electron chi connectivity index (χ4n) is 3.66. The van der Waals surface area contributed by atoms with Crippen molar-refractivity contribution in [2.24, 2.45) is 23.7 Å². The van der Waals surface area contributed by atoms with E-state index in [1.165, 1.54) is 31.6 Å². The first-order chi connectivity index (χ1) is 8.22. The maximum Gasteiger partial charge on any atom is 0.0795 e. The highest BCUT2D eigenvalue weighted by Crippen LogP contribution is 2.44. The van der Waals surface area contributed by atoms with Crippen LogP contribution in [0.2, 0.25) is 0 Å². The minimum absolute atomic E-state index is 0.882. The van der Waals surface area contributed by atoms with Crippen molar-refractivity contribution in [3.63, 3.8) is 0 Å². The van der Waals surface area contributed by atoms with Crippen LogP contribution < -0.4 is 0 Å². The maximum absolute atomic E-state index is 4.39. The lowest BCUT2D eigenvalue weighted by molar-refractivity contribution is 0.271. The fourth-order valence-corrected chi connectivity index (χ4v) is 4.21. The molecular weight excluding hydrogens is 228 g/mol. The third kappa shape index (κ3) is 2.41. The molecule has 1 saturated carbocycles. The summed E-state index contributed by atoms with van der Waals surface area (Å²) in [7, 11) is 0. The van der Waals surface area contributed by atoms with Gasteiger partial charge in [-0.05, 0) is 36.5 Å². The summed E-state index contributed by atoms with van der Waals surface area (Å²) in [5.41, 5.74) is 3.21. The summed E-state index contributed by atoms with van der Waals surface area (Å²) in [5.74, 6) is 3.82. The van der Waals surface area contributed by atoms with Crippen LogP contribution in [-0.2, 0) is 6.54 Å². The van der Waals surface area contributed by atoms with Crippen molar-refractivity contribution < 1.29 is 0 Å². The molecule has 3 heteroatoms. The number of hydrogen-bond donors (Lipinski definition) is 0. The van der Waals surface area contributed by atoms with Gasteiger partial charge in [-0.2, -0.15) is 0 Å². The van der Waals surface area contributed by atoms with E-state index in [2.05, 4.69) is 29.1 Å². The smallest absolute Gasteiger partial charge is 0.0795 e. The van der Waals surface area contributed by atoms with Gasteiger partial charge in [0.1, 0.15) is 0 Å². The Balaban J connectivity index is 1.55. The standard InChI is InChI=1S/C14H22N2S/c1-10(2)11-3-12-5-16(6-13(12)4-11)7-14-8-17-9-15-14/h8-13H,3-7H2,1-2H3/t11?,12-,13+. The Morgan fingerprint density at radius 3 is 2.59 bits per heavy atom. The Morgan fingerprint density at radius 1 is 1.35 bits per heavy atom. The SMILES string of the molecule is CC(C)C1C[C@@H]2CN(Cc3cscn3)C[C@@H]2C1. The number of nitrogens with zero attached hydrogens (tertiary/aromatic N) is 2. The number of hydrogen-bond acceptors (Lipinski definition) is 3. The summed E-state index contributed by atoms with van der Waals surface area (Å²) in [6, 6.07) is 0. The topological polar surface area (TPSA) is 16.1 Å². The molecule has 1 unspecified atom stereocenters. The number of fused-ring (bicyclic) bond motifs is 1. The van der Waals surface area contributed by atoms with Crippen molar-refractivity contribution in [2.45, 2.75) is 33.2 Å². The van der Waals surface area contributed by atoms with E-state index in [9.17, 15) is 0 Å². The number of aromatic nitrogens is 1. The minimum Gasteiger partial charge on any atom is -0.297 e. The van der Waals surface area contributed by atoms with Crippen LogP contribution in [0.15, 0.2) is 10.9 Å². The van der Waals surface area contributed by atoms with Gasteiger partial charge in [0.25, 0.3) is 0 Å². The molecule has 2 heterocycles. The molecule has 1 aromatic heterocycles. The summed E-state index contributed by atoms with van der Waals surface area (Å²) in [6.07, 6.45) is 2.94. The summed E-state index contributed by atoms with van der Waals surface area (Å²) in [5, 5.41) is 2.19. The lowest BCUT2D eigenvalue weighted by Gasteiger charge is -2.19. The first-order valence-electron chi connectivity index (χ1n) is 6.81. The Morgan fingerprint density at radius 2 is 2.06 bits per heavy atom. The van der Waals surface area contributed by atoms with Crippen molar-refractivity contribution in [1.29, 1.82) is 0 Å². The van der Waals surface area contributed by atoms with E-state index < -0.39 is 0 Å². The molecule has 3 rings (SSSR count). The molecule has 0 amide bonds. The van der Waals surface area contributed by atoms with Crippen molar-refractivity contribution >= 4 is 11.3 Å². The van der Waals surface area contributed by atoms with Gasteiger partial charge in [0.2, 0.25) is 0 Å². The fraction of sp³-hybridized carbons (Fsp3) is 0.786. The van der Waals surface area contributed by atoms with E-state index >= 15 is 0 Å². The molecule has 1 saturated heterocycles. The molecule has 0 bridgehead atoms. The molecule has 3 atom stereocenters. The molecule has 2 fully saturated rings. The Labute approximate surface area is 108 Å². The molecule has 0 spiro atoms. The molecule has 1 aromatic rings. The number of rotatable bonds is 3. The second kappa shape index (κ2) is 4.69. The molecule has 2 aliphatic rings. The molecule has 17 heavy (non-hydrogen) atoms. The van der Waals surface area contributed by atoms with Crippen LogP contribution in [0.1, 0.15) is 32.4 Å². The summed E-state index contributed by atoms with van der Waals surface area (Å²) in [4.78, 5) is 7.01. The van der Waals surface area contributed by atoms with Gasteiger partial charge in [-0.25, -0.2) is 4.98 Å². The van der Waals surface area contributed by atoms with Crippen molar-refractivity contribution in [3.8, 4) is 0 Å². The Bertz CT molecular complexity index is 346. The second-order valence-corrected chi connectivity index (χ2v) is 6.89. The molecular formula is C14H22N2S.